The van der Waals surface area contributed by atoms with Crippen LogP contribution in [0.1, 0.15) is 31.4 Å². The van der Waals surface area contributed by atoms with Crippen molar-refractivity contribution in [2.75, 3.05) is 13.6 Å². The molecule has 0 bridgehead atoms. The van der Waals surface area contributed by atoms with E-state index in [0.29, 0.717) is 13.0 Å². The Morgan fingerprint density at radius 3 is 2.56 bits per heavy atom. The van der Waals surface area contributed by atoms with Crippen molar-refractivity contribution in [3.05, 3.63) is 59.4 Å². The average Bonchev–Trinajstić information content (AvgIpc) is 3.51. The van der Waals surface area contributed by atoms with Gasteiger partial charge in [0.05, 0.1) is 17.8 Å². The first-order valence-electron chi connectivity index (χ1n) is 10.5. The first-order chi connectivity index (χ1) is 15.4. The minimum Gasteiger partial charge on any atom is -0.389 e. The number of hydrogen-bond acceptors (Lipinski definition) is 7. The molecule has 0 radical (unpaired) electrons. The van der Waals surface area contributed by atoms with Gasteiger partial charge < -0.3 is 25.7 Å². The minimum absolute atomic E-state index is 0.276. The van der Waals surface area contributed by atoms with Gasteiger partial charge in [0.1, 0.15) is 0 Å². The molecule has 2 heterocycles. The number of aromatic nitrogens is 2. The summed E-state index contributed by atoms with van der Waals surface area (Å²) in [5.41, 5.74) is 2.41. The van der Waals surface area contributed by atoms with Crippen molar-refractivity contribution in [3.63, 3.8) is 0 Å². The Kier molecular flexibility index (Phi) is 7.94. The fraction of sp³-hybridized carbons (Fsp3) is 0.409. The normalized spacial score (nSPS) is 19.3. The molecule has 1 aromatic carbocycles. The molecule has 0 spiro atoms. The summed E-state index contributed by atoms with van der Waals surface area (Å²) in [5, 5.41) is 32.2. The molecule has 1 aliphatic heterocycles. The second-order valence-corrected chi connectivity index (χ2v) is 7.94. The summed E-state index contributed by atoms with van der Waals surface area (Å²) in [4.78, 5) is 26.8. The molecule has 10 heteroatoms. The molecule has 4 N–H and O–H groups in total. The number of carbonyl (C=O) groups is 2. The average molecular weight is 460 g/mol. The van der Waals surface area contributed by atoms with Crippen LogP contribution < -0.4 is 10.6 Å². The maximum atomic E-state index is 12.8. The van der Waals surface area contributed by atoms with Crippen LogP contribution in [-0.4, -0.2) is 68.6 Å². The minimum atomic E-state index is -1.88. The fourth-order valence-electron chi connectivity index (χ4n) is 3.84. The highest BCUT2D eigenvalue weighted by Gasteiger charge is 2.39. The number of hydrogen-bond donors (Lipinski definition) is 5. The maximum Gasteiger partial charge on any atom is 0.255 e. The number of rotatable bonds is 8. The number of nitrogens with one attached hydrogen (secondary N) is 2. The number of benzene rings is 1. The van der Waals surface area contributed by atoms with Gasteiger partial charge in [0.25, 0.3) is 11.8 Å². The van der Waals surface area contributed by atoms with Crippen molar-refractivity contribution in [2.24, 2.45) is 0 Å². The van der Waals surface area contributed by atoms with E-state index in [4.69, 9.17) is 0 Å². The van der Waals surface area contributed by atoms with Crippen LogP contribution >= 0.6 is 12.6 Å². The number of aliphatic hydroxyl groups is 2. The molecule has 1 aromatic heterocycles. The van der Waals surface area contributed by atoms with E-state index < -0.39 is 30.1 Å². The van der Waals surface area contributed by atoms with Gasteiger partial charge in [0, 0.05) is 31.7 Å². The standard InChI is InChI=1S/C22H29N5O4S/c1-14(15-6-8-16(9-7-15)27-12-4-10-24-27)25-21(30)19(28)20(29)22(31)26-11-3-5-18(26)17(13-32)23-2/h4,6-10,12-14,18-20,23,28-29,32H,3,5,11H2,1-2H3,(H,25,30)/b17-13-/t14-,18-,19-,20-/m1/s1. The third-order valence-corrected chi connectivity index (χ3v) is 5.94. The van der Waals surface area contributed by atoms with E-state index in [9.17, 15) is 19.8 Å². The van der Waals surface area contributed by atoms with E-state index in [1.54, 1.807) is 30.3 Å². The van der Waals surface area contributed by atoms with Gasteiger partial charge in [-0.1, -0.05) is 12.1 Å². The highest BCUT2D eigenvalue weighted by molar-refractivity contribution is 7.83. The number of aliphatic hydroxyl groups excluding tert-OH is 2. The molecular weight excluding hydrogens is 430 g/mol. The van der Waals surface area contributed by atoms with Crippen LogP contribution in [0.5, 0.6) is 0 Å². The van der Waals surface area contributed by atoms with E-state index in [1.807, 2.05) is 36.5 Å². The number of likely N-dealkylation sites (N-methyl/N-ethyl adjacent to an activating group) is 1. The predicted molar refractivity (Wildman–Crippen MR) is 123 cm³/mol. The monoisotopic (exact) mass is 459 g/mol. The molecule has 1 aliphatic rings. The van der Waals surface area contributed by atoms with Crippen molar-refractivity contribution in [1.82, 2.24) is 25.3 Å². The fourth-order valence-corrected chi connectivity index (χ4v) is 4.14. The van der Waals surface area contributed by atoms with E-state index >= 15 is 0 Å². The van der Waals surface area contributed by atoms with Gasteiger partial charge in [0.2, 0.25) is 0 Å². The predicted octanol–water partition coefficient (Wildman–Crippen LogP) is 0.753. The van der Waals surface area contributed by atoms with Gasteiger partial charge in [-0.3, -0.25) is 9.59 Å². The summed E-state index contributed by atoms with van der Waals surface area (Å²) in [5.74, 6) is -1.50. The Bertz CT molecular complexity index is 948. The van der Waals surface area contributed by atoms with E-state index in [-0.39, 0.29) is 6.04 Å². The smallest absolute Gasteiger partial charge is 0.255 e. The summed E-state index contributed by atoms with van der Waals surface area (Å²) >= 11 is 4.16. The number of nitrogens with zero attached hydrogens (tertiary/aromatic N) is 3. The Hall–Kier alpha value is -2.82. The Morgan fingerprint density at radius 2 is 1.97 bits per heavy atom. The summed E-state index contributed by atoms with van der Waals surface area (Å²) in [6.07, 6.45) is 1.23. The summed E-state index contributed by atoms with van der Waals surface area (Å²) < 4.78 is 1.72. The molecule has 0 unspecified atom stereocenters. The maximum absolute atomic E-state index is 12.8. The number of carbonyl (C=O) groups excluding carboxylic acids is 2. The van der Waals surface area contributed by atoms with E-state index in [0.717, 1.165) is 23.4 Å². The molecular formula is C22H29N5O4S. The molecule has 1 fully saturated rings. The lowest BCUT2D eigenvalue weighted by molar-refractivity contribution is -0.153. The Balaban J connectivity index is 1.61. The van der Waals surface area contributed by atoms with Crippen LogP contribution in [0, 0.1) is 0 Å². The van der Waals surface area contributed by atoms with Crippen molar-refractivity contribution in [2.45, 2.75) is 44.1 Å². The zero-order valence-electron chi connectivity index (χ0n) is 18.0. The van der Waals surface area contributed by atoms with Crippen LogP contribution in [0.15, 0.2) is 53.8 Å². The molecule has 0 aliphatic carbocycles. The van der Waals surface area contributed by atoms with Gasteiger partial charge in [-0.25, -0.2) is 4.68 Å². The molecule has 172 valence electrons. The number of amides is 2. The van der Waals surface area contributed by atoms with Crippen LogP contribution in [0.4, 0.5) is 0 Å². The van der Waals surface area contributed by atoms with Gasteiger partial charge in [-0.15, -0.1) is 12.6 Å². The second-order valence-electron chi connectivity index (χ2n) is 7.69. The third-order valence-electron chi connectivity index (χ3n) is 5.66. The van der Waals surface area contributed by atoms with Crippen LogP contribution in [0.2, 0.25) is 0 Å². The SMILES string of the molecule is CN/C(=C\S)[C@H]1CCCN1C(=O)[C@H](O)[C@@H](O)C(=O)N[C@H](C)c1ccc(-n2cccn2)cc1. The van der Waals surface area contributed by atoms with Gasteiger partial charge in [-0.2, -0.15) is 5.10 Å². The highest BCUT2D eigenvalue weighted by atomic mass is 32.1. The molecule has 0 saturated carbocycles. The molecule has 1 saturated heterocycles. The topological polar surface area (TPSA) is 120 Å². The lowest BCUT2D eigenvalue weighted by Crippen LogP contribution is -2.52. The van der Waals surface area contributed by atoms with Crippen molar-refractivity contribution in [1.29, 1.82) is 0 Å². The zero-order valence-corrected chi connectivity index (χ0v) is 18.9. The quantitative estimate of drug-likeness (QED) is 0.372. The van der Waals surface area contributed by atoms with Gasteiger partial charge in [0.15, 0.2) is 12.2 Å². The molecule has 2 aromatic rings. The van der Waals surface area contributed by atoms with Gasteiger partial charge >= 0.3 is 0 Å². The molecule has 9 nitrogen and oxygen atoms in total. The van der Waals surface area contributed by atoms with Crippen molar-refractivity contribution >= 4 is 24.4 Å². The van der Waals surface area contributed by atoms with Crippen molar-refractivity contribution in [3.8, 4) is 5.69 Å². The third kappa shape index (κ3) is 5.14. The van der Waals surface area contributed by atoms with Crippen LogP contribution in [0.3, 0.4) is 0 Å². The number of thiol groups is 1. The second kappa shape index (κ2) is 10.7. The summed E-state index contributed by atoms with van der Waals surface area (Å²) in [7, 11) is 1.73. The number of likely N-dealkylation sites (tertiary alicyclic amines) is 1. The summed E-state index contributed by atoms with van der Waals surface area (Å²) in [6.45, 7) is 2.19. The van der Waals surface area contributed by atoms with Crippen LogP contribution in [-0.2, 0) is 9.59 Å². The van der Waals surface area contributed by atoms with Crippen molar-refractivity contribution < 1.29 is 19.8 Å². The zero-order chi connectivity index (χ0) is 23.3. The highest BCUT2D eigenvalue weighted by Crippen LogP contribution is 2.24. The molecule has 32 heavy (non-hydrogen) atoms. The largest absolute Gasteiger partial charge is 0.389 e. The lowest BCUT2D eigenvalue weighted by atomic mass is 10.1. The molecule has 4 atom stereocenters. The Morgan fingerprint density at radius 1 is 1.25 bits per heavy atom. The Labute approximate surface area is 192 Å². The van der Waals surface area contributed by atoms with Gasteiger partial charge in [-0.05, 0) is 48.9 Å². The first-order valence-corrected chi connectivity index (χ1v) is 11.0. The molecule has 3 rings (SSSR count). The van der Waals surface area contributed by atoms with E-state index in [2.05, 4.69) is 28.4 Å². The van der Waals surface area contributed by atoms with Crippen LogP contribution in [0.25, 0.3) is 5.69 Å². The summed E-state index contributed by atoms with van der Waals surface area (Å²) in [6, 6.07) is 8.52. The first kappa shape index (κ1) is 23.8. The lowest BCUT2D eigenvalue weighted by Gasteiger charge is -2.30. The van der Waals surface area contributed by atoms with E-state index in [1.165, 1.54) is 4.90 Å². The molecule has 2 amide bonds.